The first-order valence-corrected chi connectivity index (χ1v) is 16.5. The van der Waals surface area contributed by atoms with Crippen LogP contribution in [0.5, 0.6) is 0 Å². The van der Waals surface area contributed by atoms with Gasteiger partial charge in [-0.3, -0.25) is 23.7 Å². The second-order valence-corrected chi connectivity index (χ2v) is 12.0. The Morgan fingerprint density at radius 1 is 1.04 bits per heavy atom. The molecule has 0 spiro atoms. The third-order valence-electron chi connectivity index (χ3n) is 8.54. The van der Waals surface area contributed by atoms with Crippen molar-refractivity contribution in [3.05, 3.63) is 58.5 Å². The minimum Gasteiger partial charge on any atom is -0.461 e. The van der Waals surface area contributed by atoms with Gasteiger partial charge in [-0.05, 0) is 55.5 Å². The van der Waals surface area contributed by atoms with Crippen molar-refractivity contribution in [3.8, 4) is 11.6 Å². The van der Waals surface area contributed by atoms with Crippen LogP contribution in [0.15, 0.2) is 50.3 Å². The van der Waals surface area contributed by atoms with Crippen molar-refractivity contribution in [1.29, 1.82) is 0 Å². The molecule has 2 atom stereocenters. The van der Waals surface area contributed by atoms with E-state index in [1.165, 1.54) is 6.26 Å². The molecule has 4 aromatic rings. The Labute approximate surface area is 276 Å². The average molecular weight is 663 g/mol. The van der Waals surface area contributed by atoms with Gasteiger partial charge in [-0.15, -0.1) is 0 Å². The number of nitrogens with zero attached hydrogens (tertiary/aromatic N) is 4. The average Bonchev–Trinajstić information content (AvgIpc) is 3.85. The molecule has 3 aromatic heterocycles. The van der Waals surface area contributed by atoms with E-state index in [1.807, 2.05) is 13.8 Å². The molecular weight excluding hydrogens is 620 g/mol. The molecule has 0 aliphatic carbocycles. The molecule has 4 heterocycles. The Kier molecular flexibility index (Phi) is 11.4. The van der Waals surface area contributed by atoms with Gasteiger partial charge in [0.05, 0.1) is 17.3 Å². The molecule has 48 heavy (non-hydrogen) atoms. The first kappa shape index (κ1) is 34.1. The highest BCUT2D eigenvalue weighted by Gasteiger charge is 2.26. The summed E-state index contributed by atoms with van der Waals surface area (Å²) in [6, 6.07) is 7.72. The lowest BCUT2D eigenvalue weighted by Gasteiger charge is -2.25. The maximum atomic E-state index is 13.4. The quantitative estimate of drug-likeness (QED) is 0.240. The molecule has 256 valence electrons. The zero-order chi connectivity index (χ0) is 34.0. The molecule has 0 unspecified atom stereocenters. The van der Waals surface area contributed by atoms with Gasteiger partial charge in [0.1, 0.15) is 6.04 Å². The monoisotopic (exact) mass is 662 g/mol. The Hall–Kier alpha value is -5.21. The summed E-state index contributed by atoms with van der Waals surface area (Å²) in [5, 5.41) is 12.6. The number of hydrogen-bond acceptors (Lipinski definition) is 9. The molecule has 1 aromatic carbocycles. The van der Waals surface area contributed by atoms with Gasteiger partial charge in [-0.25, -0.2) is 4.79 Å². The van der Waals surface area contributed by atoms with E-state index in [-0.39, 0.29) is 54.5 Å². The van der Waals surface area contributed by atoms with E-state index >= 15 is 0 Å². The van der Waals surface area contributed by atoms with Crippen molar-refractivity contribution < 1.29 is 28.1 Å². The molecule has 4 amide bonds. The molecule has 15 heteroatoms. The fourth-order valence-electron chi connectivity index (χ4n) is 5.62. The van der Waals surface area contributed by atoms with E-state index in [0.29, 0.717) is 92.5 Å². The number of carbonyl (C=O) groups excluding carboxylic acids is 4. The molecule has 0 saturated carbocycles. The van der Waals surface area contributed by atoms with Crippen LogP contribution in [0, 0.1) is 5.92 Å². The van der Waals surface area contributed by atoms with E-state index in [2.05, 4.69) is 31.1 Å². The maximum absolute atomic E-state index is 13.4. The van der Waals surface area contributed by atoms with Gasteiger partial charge < -0.3 is 34.8 Å². The molecule has 4 N–H and O–H groups in total. The number of aromatic amines is 1. The lowest BCUT2D eigenvalue weighted by molar-refractivity contribution is -0.132. The van der Waals surface area contributed by atoms with Crippen LogP contribution in [0.1, 0.15) is 68.6 Å². The van der Waals surface area contributed by atoms with Gasteiger partial charge in [-0.1, -0.05) is 25.4 Å². The minimum atomic E-state index is -0.717. The van der Waals surface area contributed by atoms with Gasteiger partial charge in [0.2, 0.25) is 29.4 Å². The maximum Gasteiger partial charge on any atom is 0.326 e. The van der Waals surface area contributed by atoms with Gasteiger partial charge in [0.15, 0.2) is 5.76 Å². The second-order valence-electron chi connectivity index (χ2n) is 12.0. The lowest BCUT2D eigenvalue weighted by Crippen LogP contribution is -2.50. The molecule has 1 aliphatic heterocycles. The summed E-state index contributed by atoms with van der Waals surface area (Å²) in [7, 11) is 0. The van der Waals surface area contributed by atoms with Crippen molar-refractivity contribution in [3.63, 3.8) is 0 Å². The van der Waals surface area contributed by atoms with Crippen LogP contribution in [-0.2, 0) is 27.3 Å². The number of carbonyl (C=O) groups is 4. The largest absolute Gasteiger partial charge is 0.461 e. The molecule has 0 fully saturated rings. The van der Waals surface area contributed by atoms with Crippen molar-refractivity contribution in [2.75, 3.05) is 26.2 Å². The molecule has 5 rings (SSSR count). The molecule has 15 nitrogen and oxygen atoms in total. The van der Waals surface area contributed by atoms with E-state index in [0.717, 1.165) is 0 Å². The summed E-state index contributed by atoms with van der Waals surface area (Å²) in [6.45, 7) is 5.45. The number of aryl methyl sites for hydroxylation is 2. The van der Waals surface area contributed by atoms with Crippen LogP contribution in [-0.4, -0.2) is 80.4 Å². The topological polar surface area (TPSA) is 197 Å². The van der Waals surface area contributed by atoms with Crippen LogP contribution in [0.2, 0.25) is 0 Å². The summed E-state index contributed by atoms with van der Waals surface area (Å²) < 4.78 is 12.1. The highest BCUT2D eigenvalue weighted by Crippen LogP contribution is 2.17. The molecule has 0 radical (unpaired) electrons. The zero-order valence-electron chi connectivity index (χ0n) is 27.3. The smallest absolute Gasteiger partial charge is 0.326 e. The number of H-pyrrole nitrogens is 1. The number of nitrogens with one attached hydrogen (secondary N) is 4. The third kappa shape index (κ3) is 8.57. The fourth-order valence-corrected chi connectivity index (χ4v) is 5.62. The van der Waals surface area contributed by atoms with Gasteiger partial charge in [0, 0.05) is 57.5 Å². The second kappa shape index (κ2) is 16.1. The summed E-state index contributed by atoms with van der Waals surface area (Å²) in [5.41, 5.74) is 1.28. The van der Waals surface area contributed by atoms with E-state index in [1.54, 1.807) is 39.8 Å². The van der Waals surface area contributed by atoms with Crippen molar-refractivity contribution in [2.45, 2.75) is 71.4 Å². The number of aromatic nitrogens is 4. The minimum absolute atomic E-state index is 0.104. The van der Waals surface area contributed by atoms with E-state index in [4.69, 9.17) is 8.94 Å². The van der Waals surface area contributed by atoms with Crippen LogP contribution >= 0.6 is 0 Å². The standard InChI is InChI=1S/C33H42N8O7/c1-3-21(2)29-32(45)35-15-7-18-41-24-20-22(10-11-23(24)36-33(41)46)31(44)34-14-6-17-40(16-4-9-26(42)37-29)28(43)13-12-27-38-30(39-48-27)25-8-5-19-47-25/h5,8,10-11,19-21,29H,3-4,6-7,9,12-18H2,1-2H3,(H,34,44)(H,35,45)(H,36,46)(H,37,42)/t21-,29-/m0/s1. The normalized spacial score (nSPS) is 18.2. The van der Waals surface area contributed by atoms with Gasteiger partial charge >= 0.3 is 5.69 Å². The van der Waals surface area contributed by atoms with Gasteiger partial charge in [-0.2, -0.15) is 4.98 Å². The Morgan fingerprint density at radius 2 is 1.83 bits per heavy atom. The number of amides is 4. The molecule has 0 saturated heterocycles. The number of fused-ring (bicyclic) bond motifs is 1. The molecule has 1 aliphatic rings. The Morgan fingerprint density at radius 3 is 2.62 bits per heavy atom. The Balaban J connectivity index is 1.29. The van der Waals surface area contributed by atoms with E-state index in [9.17, 15) is 24.0 Å². The summed E-state index contributed by atoms with van der Waals surface area (Å²) in [6.07, 6.45) is 3.97. The number of hydrogen-bond donors (Lipinski definition) is 4. The van der Waals surface area contributed by atoms with Crippen molar-refractivity contribution in [1.82, 2.24) is 40.5 Å². The van der Waals surface area contributed by atoms with Crippen molar-refractivity contribution in [2.24, 2.45) is 5.92 Å². The van der Waals surface area contributed by atoms with Gasteiger partial charge in [0.25, 0.3) is 5.91 Å². The number of benzene rings is 1. The summed E-state index contributed by atoms with van der Waals surface area (Å²) in [4.78, 5) is 73.9. The predicted octanol–water partition coefficient (Wildman–Crippen LogP) is 2.38. The highest BCUT2D eigenvalue weighted by molar-refractivity contribution is 5.97. The van der Waals surface area contributed by atoms with Crippen LogP contribution in [0.3, 0.4) is 0 Å². The highest BCUT2D eigenvalue weighted by atomic mass is 16.5. The zero-order valence-corrected chi connectivity index (χ0v) is 27.3. The summed E-state index contributed by atoms with van der Waals surface area (Å²) in [5.74, 6) is -0.0850. The summed E-state index contributed by atoms with van der Waals surface area (Å²) >= 11 is 0. The van der Waals surface area contributed by atoms with Crippen LogP contribution < -0.4 is 21.6 Å². The molecule has 2 bridgehead atoms. The van der Waals surface area contributed by atoms with Crippen LogP contribution in [0.25, 0.3) is 22.6 Å². The Bertz CT molecular complexity index is 1770. The number of imidazole rings is 1. The lowest BCUT2D eigenvalue weighted by atomic mass is 9.98. The first-order chi connectivity index (χ1) is 23.2. The molecular formula is C33H42N8O7. The van der Waals surface area contributed by atoms with Crippen LogP contribution in [0.4, 0.5) is 0 Å². The van der Waals surface area contributed by atoms with Crippen molar-refractivity contribution >= 4 is 34.7 Å². The first-order valence-electron chi connectivity index (χ1n) is 16.5. The number of furan rings is 1. The SMILES string of the molecule is CC[C@H](C)[C@@H]1NC(=O)CCCN(C(=O)CCc2nc(-c3ccco3)no2)CCCNC(=O)c2ccc3[nH]c(=O)n(c3c2)CCCNC1=O. The number of rotatable bonds is 6. The fraction of sp³-hybridized carbons (Fsp3) is 0.485. The predicted molar refractivity (Wildman–Crippen MR) is 175 cm³/mol. The third-order valence-corrected chi connectivity index (χ3v) is 8.54. The van der Waals surface area contributed by atoms with E-state index < -0.39 is 6.04 Å².